The van der Waals surface area contributed by atoms with Crippen LogP contribution in [0.2, 0.25) is 5.02 Å². The summed E-state index contributed by atoms with van der Waals surface area (Å²) in [6, 6.07) is 12.1. The van der Waals surface area contributed by atoms with Crippen LogP contribution in [0.3, 0.4) is 0 Å². The van der Waals surface area contributed by atoms with Gasteiger partial charge in [0, 0.05) is 54.3 Å². The lowest BCUT2D eigenvalue weighted by atomic mass is 9.96. The third-order valence-corrected chi connectivity index (χ3v) is 10.0. The van der Waals surface area contributed by atoms with E-state index >= 15 is 0 Å². The maximum atomic E-state index is 13.3. The summed E-state index contributed by atoms with van der Waals surface area (Å²) in [7, 11) is 3.86. The van der Waals surface area contributed by atoms with Gasteiger partial charge in [-0.1, -0.05) is 41.9 Å². The van der Waals surface area contributed by atoms with Crippen molar-refractivity contribution in [3.8, 4) is 21.7 Å². The minimum Gasteiger partial charge on any atom is -0.330 e. The largest absolute Gasteiger partial charge is 0.330 e. The lowest BCUT2D eigenvalue weighted by Crippen LogP contribution is -2.38. The molecule has 0 saturated heterocycles. The van der Waals surface area contributed by atoms with Crippen LogP contribution in [0.5, 0.6) is 0 Å². The van der Waals surface area contributed by atoms with Crippen LogP contribution in [0.1, 0.15) is 52.0 Å². The predicted molar refractivity (Wildman–Crippen MR) is 171 cm³/mol. The number of rotatable bonds is 7. The van der Waals surface area contributed by atoms with E-state index in [0.29, 0.717) is 48.8 Å². The van der Waals surface area contributed by atoms with E-state index in [0.717, 1.165) is 62.2 Å². The third kappa shape index (κ3) is 5.60. The number of hydrogen-bond donors (Lipinski definition) is 2. The van der Waals surface area contributed by atoms with E-state index in [9.17, 15) is 9.59 Å². The number of aromatic nitrogens is 3. The highest BCUT2D eigenvalue weighted by atomic mass is 35.5. The number of likely N-dealkylation sites (N-methyl/N-ethyl adjacent to an activating group) is 1. The molecule has 2 aliphatic heterocycles. The van der Waals surface area contributed by atoms with Crippen molar-refractivity contribution in [2.75, 3.05) is 25.5 Å². The number of nitrogens with one attached hydrogen (secondary N) is 2. The number of benzene rings is 2. The Kier molecular flexibility index (Phi) is 8.12. The minimum atomic E-state index is -0.290. The Balaban J connectivity index is 1.22. The summed E-state index contributed by atoms with van der Waals surface area (Å²) in [5, 5.41) is 7.70. The first-order valence-corrected chi connectivity index (χ1v) is 15.7. The van der Waals surface area contributed by atoms with Crippen molar-refractivity contribution >= 4 is 40.4 Å². The summed E-state index contributed by atoms with van der Waals surface area (Å²) in [5.74, 6) is 0.210. The van der Waals surface area contributed by atoms with Gasteiger partial charge >= 0.3 is 0 Å². The number of thiazole rings is 1. The topological polar surface area (TPSA) is 95.4 Å². The highest BCUT2D eigenvalue weighted by molar-refractivity contribution is 7.15. The zero-order chi connectivity index (χ0) is 30.4. The number of carbonyl (C=O) groups is 2. The number of halogens is 1. The predicted octanol–water partition coefficient (Wildman–Crippen LogP) is 5.25. The number of carbonyl (C=O) groups excluding carboxylic acids is 2. The second-order valence-corrected chi connectivity index (χ2v) is 13.0. The first kappa shape index (κ1) is 29.5. The van der Waals surface area contributed by atoms with Crippen LogP contribution in [-0.2, 0) is 37.9 Å². The number of nitrogens with zero attached hydrogens (tertiary/aromatic N) is 5. The Hall–Kier alpha value is -3.57. The Bertz CT molecular complexity index is 1700. The van der Waals surface area contributed by atoms with Crippen LogP contribution in [-0.4, -0.2) is 62.3 Å². The van der Waals surface area contributed by atoms with E-state index in [2.05, 4.69) is 47.4 Å². The van der Waals surface area contributed by atoms with Crippen molar-refractivity contribution in [2.45, 2.75) is 52.9 Å². The van der Waals surface area contributed by atoms with Gasteiger partial charge in [0.05, 0.1) is 41.7 Å². The molecule has 0 spiro atoms. The van der Waals surface area contributed by atoms with E-state index in [4.69, 9.17) is 16.6 Å². The number of imidazole rings is 1. The lowest BCUT2D eigenvalue weighted by Gasteiger charge is -2.23. The van der Waals surface area contributed by atoms with Crippen molar-refractivity contribution in [1.82, 2.24) is 29.7 Å². The Morgan fingerprint density at radius 1 is 1.09 bits per heavy atom. The zero-order valence-electron chi connectivity index (χ0n) is 25.1. The minimum absolute atomic E-state index is 0.127. The molecule has 2 amide bonds. The SMILES string of the molecule is Cc1c(-c2nc3c(s2)CN(C(=O)CN(C)C(C)C)C3)cccc1-c1cccc(NC(=O)c2nc3c(n2C)CCNC3)c1Cl. The second kappa shape index (κ2) is 11.8. The maximum absolute atomic E-state index is 13.3. The van der Waals surface area contributed by atoms with Gasteiger partial charge in [-0.3, -0.25) is 14.5 Å². The van der Waals surface area contributed by atoms with E-state index in [1.165, 1.54) is 0 Å². The van der Waals surface area contributed by atoms with Crippen molar-refractivity contribution < 1.29 is 9.59 Å². The average molecular weight is 618 g/mol. The summed E-state index contributed by atoms with van der Waals surface area (Å²) >= 11 is 8.59. The molecule has 0 radical (unpaired) electrons. The van der Waals surface area contributed by atoms with Gasteiger partial charge in [-0.15, -0.1) is 11.3 Å². The van der Waals surface area contributed by atoms with Crippen LogP contribution in [0, 0.1) is 6.92 Å². The summed E-state index contributed by atoms with van der Waals surface area (Å²) in [6.07, 6.45) is 0.840. The molecule has 224 valence electrons. The molecular weight excluding hydrogens is 582 g/mol. The molecule has 6 rings (SSSR count). The molecule has 0 saturated carbocycles. The fourth-order valence-corrected chi connectivity index (χ4v) is 7.10. The molecule has 0 aliphatic carbocycles. The summed E-state index contributed by atoms with van der Waals surface area (Å²) in [6.45, 7) is 9.32. The first-order valence-electron chi connectivity index (χ1n) is 14.5. The molecule has 0 unspecified atom stereocenters. The Morgan fingerprint density at radius 3 is 2.58 bits per heavy atom. The molecule has 4 heterocycles. The van der Waals surface area contributed by atoms with Crippen LogP contribution < -0.4 is 10.6 Å². The molecule has 11 heteroatoms. The average Bonchev–Trinajstić information content (AvgIpc) is 3.66. The molecule has 0 bridgehead atoms. The van der Waals surface area contributed by atoms with Crippen LogP contribution >= 0.6 is 22.9 Å². The van der Waals surface area contributed by atoms with Gasteiger partial charge in [0.25, 0.3) is 5.91 Å². The standard InChI is InChI=1S/C32H36ClN7O2S/c1-18(2)38(4)17-28(41)40-15-25-27(16-40)43-32(37-25)21-9-6-8-20(19(21)3)22-10-7-11-23(29(22)33)36-31(42)30-35-24-14-34-13-12-26(24)39(30)5/h6-11,18,34H,12-17H2,1-5H3,(H,36,42). The lowest BCUT2D eigenvalue weighted by molar-refractivity contribution is -0.133. The fraction of sp³-hybridized carbons (Fsp3) is 0.375. The quantitative estimate of drug-likeness (QED) is 0.294. The number of fused-ring (bicyclic) bond motifs is 2. The maximum Gasteiger partial charge on any atom is 0.291 e. The summed E-state index contributed by atoms with van der Waals surface area (Å²) in [4.78, 5) is 40.7. The normalized spacial score (nSPS) is 14.4. The van der Waals surface area contributed by atoms with Gasteiger partial charge in [-0.25, -0.2) is 9.97 Å². The summed E-state index contributed by atoms with van der Waals surface area (Å²) in [5.41, 5.74) is 7.40. The molecule has 4 aromatic rings. The van der Waals surface area contributed by atoms with Gasteiger partial charge in [0.15, 0.2) is 5.82 Å². The highest BCUT2D eigenvalue weighted by Crippen LogP contribution is 2.41. The third-order valence-electron chi connectivity index (χ3n) is 8.50. The van der Waals surface area contributed by atoms with Crippen molar-refractivity contribution in [1.29, 1.82) is 0 Å². The monoisotopic (exact) mass is 617 g/mol. The molecule has 2 aromatic carbocycles. The number of anilines is 1. The van der Waals surface area contributed by atoms with Crippen molar-refractivity contribution in [2.24, 2.45) is 7.05 Å². The van der Waals surface area contributed by atoms with E-state index in [1.54, 1.807) is 11.3 Å². The number of amides is 2. The van der Waals surface area contributed by atoms with Gasteiger partial charge in [-0.05, 0) is 45.0 Å². The van der Waals surface area contributed by atoms with Crippen LogP contribution in [0.15, 0.2) is 36.4 Å². The summed E-state index contributed by atoms with van der Waals surface area (Å²) < 4.78 is 1.88. The van der Waals surface area contributed by atoms with Crippen molar-refractivity contribution in [3.05, 3.63) is 74.8 Å². The van der Waals surface area contributed by atoms with Gasteiger partial charge < -0.3 is 20.1 Å². The van der Waals surface area contributed by atoms with E-state index in [1.807, 2.05) is 53.9 Å². The first-order chi connectivity index (χ1) is 20.6. The molecule has 9 nitrogen and oxygen atoms in total. The Morgan fingerprint density at radius 2 is 1.84 bits per heavy atom. The molecule has 43 heavy (non-hydrogen) atoms. The van der Waals surface area contributed by atoms with Gasteiger partial charge in [0.1, 0.15) is 5.01 Å². The highest BCUT2D eigenvalue weighted by Gasteiger charge is 2.29. The molecule has 2 aliphatic rings. The molecule has 2 N–H and O–H groups in total. The fourth-order valence-electron chi connectivity index (χ4n) is 5.66. The van der Waals surface area contributed by atoms with E-state index < -0.39 is 0 Å². The Labute approximate surface area is 260 Å². The zero-order valence-corrected chi connectivity index (χ0v) is 26.7. The van der Waals surface area contributed by atoms with Crippen LogP contribution in [0.25, 0.3) is 21.7 Å². The van der Waals surface area contributed by atoms with E-state index in [-0.39, 0.29) is 11.8 Å². The molecule has 0 fully saturated rings. The second-order valence-electron chi connectivity index (χ2n) is 11.6. The smallest absolute Gasteiger partial charge is 0.291 e. The van der Waals surface area contributed by atoms with Crippen LogP contribution in [0.4, 0.5) is 5.69 Å². The van der Waals surface area contributed by atoms with Gasteiger partial charge in [0.2, 0.25) is 5.91 Å². The molecule has 2 aromatic heterocycles. The molecular formula is C32H36ClN7O2S. The number of hydrogen-bond acceptors (Lipinski definition) is 7. The van der Waals surface area contributed by atoms with Crippen molar-refractivity contribution in [3.63, 3.8) is 0 Å². The van der Waals surface area contributed by atoms with Gasteiger partial charge in [-0.2, -0.15) is 0 Å². The molecule has 0 atom stereocenters.